The molecule has 0 unspecified atom stereocenters. The maximum atomic E-state index is 12.7. The monoisotopic (exact) mass is 399 g/mol. The zero-order valence-electron chi connectivity index (χ0n) is 15.1. The van der Waals surface area contributed by atoms with Crippen molar-refractivity contribution in [1.82, 2.24) is 25.1 Å². The summed E-state index contributed by atoms with van der Waals surface area (Å²) in [6.45, 7) is 3.79. The van der Waals surface area contributed by atoms with Gasteiger partial charge in [-0.3, -0.25) is 14.9 Å². The van der Waals surface area contributed by atoms with Gasteiger partial charge in [0.1, 0.15) is 0 Å². The highest BCUT2D eigenvalue weighted by Crippen LogP contribution is 2.29. The number of piperazine rings is 1. The summed E-state index contributed by atoms with van der Waals surface area (Å²) < 4.78 is 1.67. The average molecular weight is 399 g/mol. The van der Waals surface area contributed by atoms with E-state index < -0.39 is 4.92 Å². The number of carbonyl (C=O) groups excluding carboxylic acids is 1. The maximum Gasteiger partial charge on any atom is 0.283 e. The molecule has 1 aliphatic rings. The lowest BCUT2D eigenvalue weighted by Crippen LogP contribution is -2.49. The molecule has 1 saturated heterocycles. The Hall–Kier alpha value is -3.34. The Bertz CT molecular complexity index is 1010. The number of rotatable bonds is 4. The second-order valence-electron chi connectivity index (χ2n) is 6.31. The lowest BCUT2D eigenvalue weighted by Gasteiger charge is -2.34. The number of hydrogen-bond acceptors (Lipinski definition) is 8. The Labute approximate surface area is 164 Å². The molecule has 0 aliphatic carbocycles. The highest BCUT2D eigenvalue weighted by Gasteiger charge is 2.28. The van der Waals surface area contributed by atoms with Gasteiger partial charge >= 0.3 is 0 Å². The number of aromatic nitrogens is 4. The molecule has 2 aromatic heterocycles. The lowest BCUT2D eigenvalue weighted by atomic mass is 10.3. The van der Waals surface area contributed by atoms with E-state index in [-0.39, 0.29) is 11.6 Å². The van der Waals surface area contributed by atoms with Gasteiger partial charge in [0.05, 0.1) is 20.4 Å². The van der Waals surface area contributed by atoms with Crippen LogP contribution in [0.1, 0.15) is 14.5 Å². The number of nitrogens with zero attached hydrogens (tertiary/aromatic N) is 7. The molecule has 10 nitrogen and oxygen atoms in total. The Kier molecular flexibility index (Phi) is 4.74. The Morgan fingerprint density at radius 3 is 2.54 bits per heavy atom. The minimum atomic E-state index is -0.454. The van der Waals surface area contributed by atoms with Crippen molar-refractivity contribution in [2.45, 2.75) is 6.92 Å². The van der Waals surface area contributed by atoms with Crippen LogP contribution in [0.5, 0.6) is 0 Å². The first-order valence-electron chi connectivity index (χ1n) is 8.67. The summed E-state index contributed by atoms with van der Waals surface area (Å²) in [5.74, 6) is 0.449. The predicted octanol–water partition coefficient (Wildman–Crippen LogP) is 1.90. The number of nitro groups is 1. The van der Waals surface area contributed by atoms with Gasteiger partial charge in [-0.2, -0.15) is 4.68 Å². The molecule has 0 radical (unpaired) electrons. The summed E-state index contributed by atoms with van der Waals surface area (Å²) in [6, 6.07) is 11.0. The normalized spacial score (nSPS) is 14.3. The summed E-state index contributed by atoms with van der Waals surface area (Å²) in [6.07, 6.45) is 0. The molecule has 1 fully saturated rings. The molecule has 0 saturated carbocycles. The number of anilines is 1. The van der Waals surface area contributed by atoms with Crippen LogP contribution in [0, 0.1) is 17.0 Å². The third-order valence-corrected chi connectivity index (χ3v) is 5.63. The quantitative estimate of drug-likeness (QED) is 0.487. The van der Waals surface area contributed by atoms with E-state index in [0.717, 1.165) is 17.0 Å². The highest BCUT2D eigenvalue weighted by molar-refractivity contribution is 7.14. The van der Waals surface area contributed by atoms with Gasteiger partial charge in [-0.1, -0.05) is 23.3 Å². The van der Waals surface area contributed by atoms with Crippen LogP contribution in [0.15, 0.2) is 36.4 Å². The molecule has 28 heavy (non-hydrogen) atoms. The van der Waals surface area contributed by atoms with E-state index in [0.29, 0.717) is 41.9 Å². The predicted molar refractivity (Wildman–Crippen MR) is 103 cm³/mol. The van der Waals surface area contributed by atoms with Crippen LogP contribution in [0.2, 0.25) is 0 Å². The van der Waals surface area contributed by atoms with Gasteiger partial charge in [0.15, 0.2) is 0 Å². The number of hydrogen-bond donors (Lipinski definition) is 0. The molecular weight excluding hydrogens is 382 g/mol. The van der Waals surface area contributed by atoms with Crippen LogP contribution in [-0.2, 0) is 0 Å². The van der Waals surface area contributed by atoms with E-state index in [1.165, 1.54) is 6.07 Å². The highest BCUT2D eigenvalue weighted by atomic mass is 32.1. The second-order valence-corrected chi connectivity index (χ2v) is 7.57. The third-order valence-electron chi connectivity index (χ3n) is 4.60. The first kappa shape index (κ1) is 18.0. The van der Waals surface area contributed by atoms with E-state index in [1.807, 2.05) is 35.2 Å². The molecule has 4 rings (SSSR count). The Morgan fingerprint density at radius 2 is 1.89 bits per heavy atom. The molecular formula is C17H17N7O3S. The van der Waals surface area contributed by atoms with Gasteiger partial charge in [-0.25, -0.2) is 0 Å². The van der Waals surface area contributed by atoms with E-state index >= 15 is 0 Å². The van der Waals surface area contributed by atoms with E-state index in [4.69, 9.17) is 0 Å². The summed E-state index contributed by atoms with van der Waals surface area (Å²) in [5.41, 5.74) is 0.858. The first-order valence-corrected chi connectivity index (χ1v) is 9.49. The number of carbonyl (C=O) groups is 1. The van der Waals surface area contributed by atoms with Gasteiger partial charge < -0.3 is 9.80 Å². The molecule has 144 valence electrons. The van der Waals surface area contributed by atoms with E-state index in [9.17, 15) is 14.9 Å². The number of benzene rings is 1. The van der Waals surface area contributed by atoms with Crippen molar-refractivity contribution in [3.63, 3.8) is 0 Å². The van der Waals surface area contributed by atoms with Crippen molar-refractivity contribution < 1.29 is 9.72 Å². The minimum Gasteiger partial charge on any atom is -0.336 e. The number of para-hydroxylation sites is 1. The summed E-state index contributed by atoms with van der Waals surface area (Å²) >= 11 is 1.16. The standard InChI is InChI=1S/C17H17N7O3S/c1-12-14(24(26)27)11-15(28-12)16(25)21-7-9-22(10-8-21)17-18-19-20-23(17)13-5-3-2-4-6-13/h2-6,11H,7-10H2,1H3. The van der Waals surface area contributed by atoms with Gasteiger partial charge in [-0.05, 0) is 29.5 Å². The van der Waals surface area contributed by atoms with E-state index in [1.54, 1.807) is 16.5 Å². The Balaban J connectivity index is 1.46. The van der Waals surface area contributed by atoms with Crippen molar-refractivity contribution in [3.8, 4) is 5.69 Å². The second kappa shape index (κ2) is 7.35. The first-order chi connectivity index (χ1) is 13.5. The third kappa shape index (κ3) is 3.31. The topological polar surface area (TPSA) is 110 Å². The number of tetrazole rings is 1. The molecule has 1 aliphatic heterocycles. The zero-order valence-corrected chi connectivity index (χ0v) is 15.9. The fourth-order valence-corrected chi connectivity index (χ4v) is 4.10. The molecule has 0 spiro atoms. The molecule has 11 heteroatoms. The SMILES string of the molecule is Cc1sc(C(=O)N2CCN(c3nnnn3-c3ccccc3)CC2)cc1[N+](=O)[O-]. The zero-order chi connectivity index (χ0) is 19.7. The Morgan fingerprint density at radius 1 is 1.18 bits per heavy atom. The minimum absolute atomic E-state index is 0.00553. The summed E-state index contributed by atoms with van der Waals surface area (Å²) in [4.78, 5) is 27.9. The van der Waals surface area contributed by atoms with Gasteiger partial charge in [0.2, 0.25) is 5.95 Å². The largest absolute Gasteiger partial charge is 0.336 e. The summed E-state index contributed by atoms with van der Waals surface area (Å²) in [7, 11) is 0. The fraction of sp³-hybridized carbons (Fsp3) is 0.294. The number of thiophene rings is 1. The van der Waals surface area contributed by atoms with Crippen LogP contribution in [0.4, 0.5) is 11.6 Å². The van der Waals surface area contributed by atoms with Crippen LogP contribution in [-0.4, -0.2) is 62.1 Å². The van der Waals surface area contributed by atoms with Crippen molar-refractivity contribution >= 4 is 28.9 Å². The molecule has 3 heterocycles. The molecule has 0 bridgehead atoms. The average Bonchev–Trinajstić information content (AvgIpc) is 3.35. The smallest absolute Gasteiger partial charge is 0.283 e. The van der Waals surface area contributed by atoms with Crippen molar-refractivity contribution in [3.05, 3.63) is 56.3 Å². The lowest BCUT2D eigenvalue weighted by molar-refractivity contribution is -0.385. The maximum absolute atomic E-state index is 12.7. The fourth-order valence-electron chi connectivity index (χ4n) is 3.14. The van der Waals surface area contributed by atoms with Crippen molar-refractivity contribution in [2.24, 2.45) is 0 Å². The van der Waals surface area contributed by atoms with Crippen LogP contribution in [0.25, 0.3) is 5.69 Å². The van der Waals surface area contributed by atoms with Gasteiger partial charge in [0, 0.05) is 32.2 Å². The molecule has 0 N–H and O–H groups in total. The van der Waals surface area contributed by atoms with Crippen molar-refractivity contribution in [2.75, 3.05) is 31.1 Å². The molecule has 3 aromatic rings. The van der Waals surface area contributed by atoms with Crippen LogP contribution in [0.3, 0.4) is 0 Å². The van der Waals surface area contributed by atoms with Gasteiger partial charge in [-0.15, -0.1) is 11.3 Å². The van der Waals surface area contributed by atoms with Gasteiger partial charge in [0.25, 0.3) is 11.6 Å². The number of aryl methyl sites for hydroxylation is 1. The van der Waals surface area contributed by atoms with E-state index in [2.05, 4.69) is 15.5 Å². The van der Waals surface area contributed by atoms with Crippen LogP contribution >= 0.6 is 11.3 Å². The summed E-state index contributed by atoms with van der Waals surface area (Å²) in [5, 5.41) is 23.0. The van der Waals surface area contributed by atoms with Crippen LogP contribution < -0.4 is 4.90 Å². The molecule has 0 atom stereocenters. The van der Waals surface area contributed by atoms with Crippen molar-refractivity contribution in [1.29, 1.82) is 0 Å². The number of amides is 1. The molecule has 1 aromatic carbocycles. The molecule has 1 amide bonds.